The quantitative estimate of drug-likeness (QED) is 0.684. The molecule has 5 heteroatoms. The van der Waals surface area contributed by atoms with Gasteiger partial charge in [0.15, 0.2) is 0 Å². The summed E-state index contributed by atoms with van der Waals surface area (Å²) in [5, 5.41) is 15.0. The Hall–Kier alpha value is -1.59. The van der Waals surface area contributed by atoms with Gasteiger partial charge in [-0.3, -0.25) is 0 Å². The lowest BCUT2D eigenvalue weighted by molar-refractivity contribution is 0.0598. The first-order chi connectivity index (χ1) is 10.0. The molecule has 0 heterocycles. The molecule has 0 aliphatic heterocycles. The molecule has 0 bridgehead atoms. The molecular formula is C16H26N2O3. The fourth-order valence-electron chi connectivity index (χ4n) is 2.03. The summed E-state index contributed by atoms with van der Waals surface area (Å²) in [6.45, 7) is 5.43. The number of carbonyl (C=O) groups excluding carboxylic acids is 1. The predicted octanol–water partition coefficient (Wildman–Crippen LogP) is 1.80. The summed E-state index contributed by atoms with van der Waals surface area (Å²) < 4.78 is 4.82. The van der Waals surface area contributed by atoms with E-state index in [0.29, 0.717) is 19.5 Å². The summed E-state index contributed by atoms with van der Waals surface area (Å²) in [6.07, 6.45) is -0.0594. The van der Waals surface area contributed by atoms with Crippen molar-refractivity contribution < 1.29 is 14.6 Å². The summed E-state index contributed by atoms with van der Waals surface area (Å²) in [4.78, 5) is 11.7. The molecule has 0 radical (unpaired) electrons. The number of ether oxygens (including phenoxy) is 1. The first-order valence-corrected chi connectivity index (χ1v) is 7.28. The summed E-state index contributed by atoms with van der Waals surface area (Å²) in [5.41, 5.74) is 2.43. The molecule has 2 amide bonds. The van der Waals surface area contributed by atoms with Gasteiger partial charge in [0.25, 0.3) is 0 Å². The van der Waals surface area contributed by atoms with E-state index in [0.717, 1.165) is 0 Å². The average Bonchev–Trinajstić information content (AvgIpc) is 2.45. The molecule has 1 aromatic rings. The number of benzene rings is 1. The van der Waals surface area contributed by atoms with Crippen LogP contribution >= 0.6 is 0 Å². The third kappa shape index (κ3) is 7.11. The second-order valence-electron chi connectivity index (χ2n) is 5.35. The SMILES string of the molecule is COCC(O)CCNC(=O)NCC(C)c1cccc(C)c1. The fourth-order valence-corrected chi connectivity index (χ4v) is 2.03. The molecular weight excluding hydrogens is 268 g/mol. The highest BCUT2D eigenvalue weighted by molar-refractivity contribution is 5.73. The van der Waals surface area contributed by atoms with Crippen molar-refractivity contribution in [2.45, 2.75) is 32.3 Å². The number of amides is 2. The smallest absolute Gasteiger partial charge is 0.314 e. The molecule has 0 saturated carbocycles. The molecule has 0 aliphatic carbocycles. The number of aryl methyl sites for hydroxylation is 1. The molecule has 2 unspecified atom stereocenters. The van der Waals surface area contributed by atoms with E-state index in [-0.39, 0.29) is 18.6 Å². The van der Waals surface area contributed by atoms with Crippen LogP contribution in [0, 0.1) is 6.92 Å². The maximum absolute atomic E-state index is 11.7. The zero-order chi connectivity index (χ0) is 15.7. The van der Waals surface area contributed by atoms with E-state index in [4.69, 9.17) is 4.74 Å². The normalized spacial score (nSPS) is 13.5. The number of urea groups is 1. The van der Waals surface area contributed by atoms with Crippen molar-refractivity contribution >= 4 is 6.03 Å². The minimum absolute atomic E-state index is 0.209. The van der Waals surface area contributed by atoms with E-state index < -0.39 is 6.10 Å². The first-order valence-electron chi connectivity index (χ1n) is 7.28. The van der Waals surface area contributed by atoms with Crippen LogP contribution in [0.4, 0.5) is 4.79 Å². The zero-order valence-electron chi connectivity index (χ0n) is 13.1. The topological polar surface area (TPSA) is 70.6 Å². The van der Waals surface area contributed by atoms with E-state index in [1.165, 1.54) is 18.2 Å². The third-order valence-electron chi connectivity index (χ3n) is 3.30. The highest BCUT2D eigenvalue weighted by Gasteiger charge is 2.08. The van der Waals surface area contributed by atoms with Crippen molar-refractivity contribution in [3.05, 3.63) is 35.4 Å². The standard InChI is InChI=1S/C16H26N2O3/c1-12-5-4-6-14(9-12)13(2)10-18-16(20)17-8-7-15(19)11-21-3/h4-6,9,13,15,19H,7-8,10-11H2,1-3H3,(H2,17,18,20). The Bertz CT molecular complexity index is 437. The number of aliphatic hydroxyl groups is 1. The van der Waals surface area contributed by atoms with Crippen LogP contribution in [0.2, 0.25) is 0 Å². The lowest BCUT2D eigenvalue weighted by Gasteiger charge is -2.15. The number of hydrogen-bond donors (Lipinski definition) is 3. The van der Waals surface area contributed by atoms with Crippen LogP contribution in [0.1, 0.15) is 30.4 Å². The number of hydrogen-bond acceptors (Lipinski definition) is 3. The van der Waals surface area contributed by atoms with Crippen molar-refractivity contribution in [1.29, 1.82) is 0 Å². The first kappa shape index (κ1) is 17.5. The third-order valence-corrected chi connectivity index (χ3v) is 3.30. The summed E-state index contributed by atoms with van der Waals surface area (Å²) >= 11 is 0. The van der Waals surface area contributed by atoms with Gasteiger partial charge in [0.05, 0.1) is 12.7 Å². The maximum atomic E-state index is 11.7. The molecule has 5 nitrogen and oxygen atoms in total. The second-order valence-corrected chi connectivity index (χ2v) is 5.35. The molecule has 0 spiro atoms. The monoisotopic (exact) mass is 294 g/mol. The molecule has 2 atom stereocenters. The molecule has 1 aromatic carbocycles. The highest BCUT2D eigenvalue weighted by atomic mass is 16.5. The van der Waals surface area contributed by atoms with Crippen LogP contribution in [0.3, 0.4) is 0 Å². The largest absolute Gasteiger partial charge is 0.391 e. The lowest BCUT2D eigenvalue weighted by atomic mass is 9.99. The minimum Gasteiger partial charge on any atom is -0.391 e. The Labute approximate surface area is 126 Å². The van der Waals surface area contributed by atoms with Crippen LogP contribution in [0.5, 0.6) is 0 Å². The van der Waals surface area contributed by atoms with Crippen molar-refractivity contribution in [2.75, 3.05) is 26.8 Å². The number of nitrogens with one attached hydrogen (secondary N) is 2. The predicted molar refractivity (Wildman–Crippen MR) is 83.5 cm³/mol. The Morgan fingerprint density at radius 3 is 2.81 bits per heavy atom. The lowest BCUT2D eigenvalue weighted by Crippen LogP contribution is -2.38. The zero-order valence-corrected chi connectivity index (χ0v) is 13.1. The highest BCUT2D eigenvalue weighted by Crippen LogP contribution is 2.15. The molecule has 0 fully saturated rings. The fraction of sp³-hybridized carbons (Fsp3) is 0.562. The summed E-state index contributed by atoms with van der Waals surface area (Å²) in [5.74, 6) is 0.259. The summed E-state index contributed by atoms with van der Waals surface area (Å²) in [7, 11) is 1.54. The van der Waals surface area contributed by atoms with E-state index >= 15 is 0 Å². The van der Waals surface area contributed by atoms with Crippen LogP contribution in [-0.2, 0) is 4.74 Å². The Balaban J connectivity index is 2.23. The summed E-state index contributed by atoms with van der Waals surface area (Å²) in [6, 6.07) is 8.07. The maximum Gasteiger partial charge on any atom is 0.314 e. The van der Waals surface area contributed by atoms with Crippen molar-refractivity contribution in [3.8, 4) is 0 Å². The molecule has 21 heavy (non-hydrogen) atoms. The van der Waals surface area contributed by atoms with E-state index in [9.17, 15) is 9.90 Å². The average molecular weight is 294 g/mol. The van der Waals surface area contributed by atoms with Crippen molar-refractivity contribution in [2.24, 2.45) is 0 Å². The molecule has 3 N–H and O–H groups in total. The van der Waals surface area contributed by atoms with Gasteiger partial charge in [-0.25, -0.2) is 4.79 Å². The van der Waals surface area contributed by atoms with Crippen LogP contribution in [-0.4, -0.2) is 44.0 Å². The Morgan fingerprint density at radius 1 is 1.38 bits per heavy atom. The van der Waals surface area contributed by atoms with Crippen LogP contribution < -0.4 is 10.6 Å². The van der Waals surface area contributed by atoms with Gasteiger partial charge < -0.3 is 20.5 Å². The number of rotatable bonds is 8. The van der Waals surface area contributed by atoms with Gasteiger partial charge in [-0.1, -0.05) is 36.8 Å². The van der Waals surface area contributed by atoms with Gasteiger partial charge in [0.1, 0.15) is 0 Å². The minimum atomic E-state index is -0.540. The van der Waals surface area contributed by atoms with Gasteiger partial charge in [0.2, 0.25) is 0 Å². The molecule has 0 aliphatic rings. The number of carbonyl (C=O) groups is 1. The Morgan fingerprint density at radius 2 is 2.14 bits per heavy atom. The van der Waals surface area contributed by atoms with E-state index in [1.807, 2.05) is 6.07 Å². The number of aliphatic hydroxyl groups excluding tert-OH is 1. The van der Waals surface area contributed by atoms with Crippen molar-refractivity contribution in [3.63, 3.8) is 0 Å². The van der Waals surface area contributed by atoms with Crippen LogP contribution in [0.15, 0.2) is 24.3 Å². The Kier molecular flexibility index (Phi) is 7.79. The molecule has 118 valence electrons. The van der Waals surface area contributed by atoms with Gasteiger partial charge in [-0.05, 0) is 24.8 Å². The molecule has 0 aromatic heterocycles. The van der Waals surface area contributed by atoms with E-state index in [1.54, 1.807) is 0 Å². The second kappa shape index (κ2) is 9.37. The number of methoxy groups -OCH3 is 1. The molecule has 1 rings (SSSR count). The van der Waals surface area contributed by atoms with Gasteiger partial charge in [0, 0.05) is 20.2 Å². The van der Waals surface area contributed by atoms with Crippen LogP contribution in [0.25, 0.3) is 0 Å². The van der Waals surface area contributed by atoms with E-state index in [2.05, 4.69) is 42.7 Å². The van der Waals surface area contributed by atoms with Gasteiger partial charge >= 0.3 is 6.03 Å². The van der Waals surface area contributed by atoms with Gasteiger partial charge in [-0.15, -0.1) is 0 Å². The van der Waals surface area contributed by atoms with Crippen molar-refractivity contribution in [1.82, 2.24) is 10.6 Å². The molecule has 0 saturated heterocycles. The van der Waals surface area contributed by atoms with Gasteiger partial charge in [-0.2, -0.15) is 0 Å².